The number of rotatable bonds is 6. The van der Waals surface area contributed by atoms with Crippen molar-refractivity contribution in [3.63, 3.8) is 0 Å². The van der Waals surface area contributed by atoms with Gasteiger partial charge in [0.2, 0.25) is 5.91 Å². The molecule has 0 spiro atoms. The molecule has 1 aliphatic heterocycles. The van der Waals surface area contributed by atoms with E-state index in [1.54, 1.807) is 7.05 Å². The molecule has 160 valence electrons. The standard InChI is InChI=1S/C24H32N4O2/c1-24(2,3)30-16-18-9-7-8-17(12-18)14-26-23(25-4)27-15-19-13-22(29)28-21-11-6-5-10-20(19)21/h5-12,19H,13-16H2,1-4H3,(H,28,29)(H2,25,26,27). The van der Waals surface area contributed by atoms with Gasteiger partial charge in [0.1, 0.15) is 0 Å². The second-order valence-electron chi connectivity index (χ2n) is 8.56. The lowest BCUT2D eigenvalue weighted by molar-refractivity contribution is -0.116. The number of amides is 1. The second-order valence-corrected chi connectivity index (χ2v) is 8.56. The lowest BCUT2D eigenvalue weighted by Gasteiger charge is -2.26. The van der Waals surface area contributed by atoms with Crippen LogP contribution in [-0.2, 0) is 22.7 Å². The Balaban J connectivity index is 1.54. The van der Waals surface area contributed by atoms with Crippen LogP contribution in [0.1, 0.15) is 49.8 Å². The Hall–Kier alpha value is -2.86. The number of hydrogen-bond donors (Lipinski definition) is 3. The zero-order valence-electron chi connectivity index (χ0n) is 18.3. The van der Waals surface area contributed by atoms with Gasteiger partial charge in [-0.2, -0.15) is 0 Å². The van der Waals surface area contributed by atoms with Gasteiger partial charge in [-0.1, -0.05) is 42.5 Å². The lowest BCUT2D eigenvalue weighted by atomic mass is 9.90. The number of nitrogens with zero attached hydrogens (tertiary/aromatic N) is 1. The number of para-hydroxylation sites is 1. The molecule has 0 radical (unpaired) electrons. The molecule has 0 saturated heterocycles. The summed E-state index contributed by atoms with van der Waals surface area (Å²) in [6, 6.07) is 16.3. The van der Waals surface area contributed by atoms with E-state index in [2.05, 4.69) is 66.0 Å². The molecule has 0 aliphatic carbocycles. The topological polar surface area (TPSA) is 74.8 Å². The molecule has 2 aromatic rings. The minimum Gasteiger partial charge on any atom is -0.371 e. The number of carbonyl (C=O) groups excluding carboxylic acids is 1. The van der Waals surface area contributed by atoms with Gasteiger partial charge in [0.15, 0.2) is 5.96 Å². The molecular formula is C24H32N4O2. The summed E-state index contributed by atoms with van der Waals surface area (Å²) in [6.07, 6.45) is 0.469. The Kier molecular flexibility index (Phi) is 7.11. The normalized spacial score (nSPS) is 16.6. The summed E-state index contributed by atoms with van der Waals surface area (Å²) in [7, 11) is 1.75. The van der Waals surface area contributed by atoms with Crippen LogP contribution in [0.25, 0.3) is 0 Å². The Morgan fingerprint density at radius 1 is 1.13 bits per heavy atom. The number of fused-ring (bicyclic) bond motifs is 1. The average molecular weight is 409 g/mol. The van der Waals surface area contributed by atoms with Crippen molar-refractivity contribution < 1.29 is 9.53 Å². The highest BCUT2D eigenvalue weighted by molar-refractivity contribution is 5.94. The fraction of sp³-hybridized carbons (Fsp3) is 0.417. The first kappa shape index (κ1) is 21.8. The minimum atomic E-state index is -0.158. The number of guanidine groups is 1. The van der Waals surface area contributed by atoms with E-state index < -0.39 is 0 Å². The minimum absolute atomic E-state index is 0.0535. The molecule has 1 atom stereocenters. The molecule has 0 saturated carbocycles. The van der Waals surface area contributed by atoms with Crippen molar-refractivity contribution in [3.8, 4) is 0 Å². The van der Waals surface area contributed by atoms with Gasteiger partial charge in [-0.15, -0.1) is 0 Å². The molecule has 0 bridgehead atoms. The lowest BCUT2D eigenvalue weighted by Crippen LogP contribution is -2.40. The van der Waals surface area contributed by atoms with Crippen LogP contribution < -0.4 is 16.0 Å². The van der Waals surface area contributed by atoms with Crippen molar-refractivity contribution in [1.82, 2.24) is 10.6 Å². The van der Waals surface area contributed by atoms with Crippen LogP contribution in [0.4, 0.5) is 5.69 Å². The van der Waals surface area contributed by atoms with Crippen molar-refractivity contribution in [1.29, 1.82) is 0 Å². The second kappa shape index (κ2) is 9.76. The molecular weight excluding hydrogens is 376 g/mol. The van der Waals surface area contributed by atoms with Crippen LogP contribution in [-0.4, -0.2) is 31.1 Å². The Morgan fingerprint density at radius 2 is 1.90 bits per heavy atom. The van der Waals surface area contributed by atoms with Crippen LogP contribution in [0.3, 0.4) is 0 Å². The molecule has 1 unspecified atom stereocenters. The molecule has 2 aromatic carbocycles. The maximum Gasteiger partial charge on any atom is 0.225 e. The zero-order chi connectivity index (χ0) is 21.6. The van der Waals surface area contributed by atoms with Gasteiger partial charge in [0.05, 0.1) is 12.2 Å². The van der Waals surface area contributed by atoms with Crippen LogP contribution in [0.2, 0.25) is 0 Å². The van der Waals surface area contributed by atoms with Gasteiger partial charge in [-0.3, -0.25) is 9.79 Å². The maximum atomic E-state index is 12.0. The number of hydrogen-bond acceptors (Lipinski definition) is 3. The molecule has 6 heteroatoms. The number of ether oxygens (including phenoxy) is 1. The number of carbonyl (C=O) groups is 1. The largest absolute Gasteiger partial charge is 0.371 e. The summed E-state index contributed by atoms with van der Waals surface area (Å²) < 4.78 is 5.87. The van der Waals surface area contributed by atoms with Crippen molar-refractivity contribution in [3.05, 3.63) is 65.2 Å². The van der Waals surface area contributed by atoms with Crippen molar-refractivity contribution >= 4 is 17.6 Å². The van der Waals surface area contributed by atoms with Crippen LogP contribution in [0, 0.1) is 0 Å². The molecule has 1 heterocycles. The van der Waals surface area contributed by atoms with Gasteiger partial charge < -0.3 is 20.7 Å². The van der Waals surface area contributed by atoms with Gasteiger partial charge >= 0.3 is 0 Å². The molecule has 3 rings (SSSR count). The quantitative estimate of drug-likeness (QED) is 0.502. The summed E-state index contributed by atoms with van der Waals surface area (Å²) in [5.41, 5.74) is 4.21. The number of nitrogens with one attached hydrogen (secondary N) is 3. The predicted octanol–water partition coefficient (Wildman–Crippen LogP) is 3.79. The summed E-state index contributed by atoms with van der Waals surface area (Å²) in [5.74, 6) is 0.888. The number of aliphatic imine (C=N–C) groups is 1. The first-order valence-corrected chi connectivity index (χ1v) is 10.4. The molecule has 1 amide bonds. The van der Waals surface area contributed by atoms with Gasteiger partial charge in [0, 0.05) is 38.2 Å². The van der Waals surface area contributed by atoms with E-state index in [9.17, 15) is 4.79 Å². The van der Waals surface area contributed by atoms with E-state index in [1.807, 2.05) is 24.3 Å². The first-order valence-electron chi connectivity index (χ1n) is 10.4. The Labute approximate surface area is 179 Å². The summed E-state index contributed by atoms with van der Waals surface area (Å²) in [4.78, 5) is 16.3. The molecule has 30 heavy (non-hydrogen) atoms. The van der Waals surface area contributed by atoms with Gasteiger partial charge in [0.25, 0.3) is 0 Å². The van der Waals surface area contributed by atoms with E-state index in [4.69, 9.17) is 4.74 Å². The molecule has 6 nitrogen and oxygen atoms in total. The zero-order valence-corrected chi connectivity index (χ0v) is 18.3. The molecule has 0 fully saturated rings. The molecule has 3 N–H and O–H groups in total. The van der Waals surface area contributed by atoms with Crippen molar-refractivity contribution in [2.24, 2.45) is 4.99 Å². The molecule has 0 aromatic heterocycles. The Morgan fingerprint density at radius 3 is 2.67 bits per heavy atom. The van der Waals surface area contributed by atoms with Crippen LogP contribution in [0.5, 0.6) is 0 Å². The van der Waals surface area contributed by atoms with Gasteiger partial charge in [-0.25, -0.2) is 0 Å². The third kappa shape index (κ3) is 6.32. The van der Waals surface area contributed by atoms with E-state index in [0.29, 0.717) is 26.1 Å². The van der Waals surface area contributed by atoms with E-state index >= 15 is 0 Å². The predicted molar refractivity (Wildman–Crippen MR) is 122 cm³/mol. The maximum absolute atomic E-state index is 12.0. The van der Waals surface area contributed by atoms with Crippen LogP contribution in [0.15, 0.2) is 53.5 Å². The van der Waals surface area contributed by atoms with E-state index in [1.165, 1.54) is 0 Å². The third-order valence-electron chi connectivity index (χ3n) is 4.97. The Bertz CT molecular complexity index is 902. The van der Waals surface area contributed by atoms with Crippen LogP contribution >= 0.6 is 0 Å². The fourth-order valence-electron chi connectivity index (χ4n) is 3.44. The van der Waals surface area contributed by atoms with Crippen molar-refractivity contribution in [2.45, 2.75) is 51.9 Å². The van der Waals surface area contributed by atoms with E-state index in [0.717, 1.165) is 28.3 Å². The highest BCUT2D eigenvalue weighted by Crippen LogP contribution is 2.31. The molecule has 1 aliphatic rings. The van der Waals surface area contributed by atoms with E-state index in [-0.39, 0.29) is 17.4 Å². The SMILES string of the molecule is CN=C(NCc1cccc(COC(C)(C)C)c1)NCC1CC(=O)Nc2ccccc21. The smallest absolute Gasteiger partial charge is 0.225 e. The fourth-order valence-corrected chi connectivity index (χ4v) is 3.44. The summed E-state index contributed by atoms with van der Waals surface area (Å²) in [5, 5.41) is 9.66. The number of anilines is 1. The van der Waals surface area contributed by atoms with Gasteiger partial charge in [-0.05, 0) is 43.5 Å². The monoisotopic (exact) mass is 408 g/mol. The summed E-state index contributed by atoms with van der Waals surface area (Å²) >= 11 is 0. The number of benzene rings is 2. The highest BCUT2D eigenvalue weighted by Gasteiger charge is 2.24. The first-order chi connectivity index (χ1) is 14.3. The summed E-state index contributed by atoms with van der Waals surface area (Å²) in [6.45, 7) is 8.06. The highest BCUT2D eigenvalue weighted by atomic mass is 16.5. The van der Waals surface area contributed by atoms with Crippen molar-refractivity contribution in [2.75, 3.05) is 18.9 Å². The average Bonchev–Trinajstić information content (AvgIpc) is 2.72. The third-order valence-corrected chi connectivity index (χ3v) is 4.97.